The maximum Gasteiger partial charge on any atom is 0.673 e. The van der Waals surface area contributed by atoms with Crippen LogP contribution in [-0.2, 0) is 0 Å². The van der Waals surface area contributed by atoms with Crippen molar-refractivity contribution in [3.63, 3.8) is 0 Å². The predicted octanol–water partition coefficient (Wildman–Crippen LogP) is 8.21. The summed E-state index contributed by atoms with van der Waals surface area (Å²) in [5, 5.41) is 0. The fourth-order valence-electron chi connectivity index (χ4n) is 4.99. The van der Waals surface area contributed by atoms with Crippen LogP contribution in [0, 0.1) is 0 Å². The first-order valence-corrected chi connectivity index (χ1v) is 12.4. The molecule has 2 nitrogen and oxygen atoms in total. The van der Waals surface area contributed by atoms with Gasteiger partial charge in [-0.2, -0.15) is 0 Å². The third kappa shape index (κ3) is 11.4. The molecule has 2 fully saturated rings. The van der Waals surface area contributed by atoms with Gasteiger partial charge in [-0.05, 0) is 51.4 Å². The van der Waals surface area contributed by atoms with E-state index in [0.29, 0.717) is 0 Å². The van der Waals surface area contributed by atoms with Gasteiger partial charge in [0.2, 0.25) is 6.33 Å². The van der Waals surface area contributed by atoms with E-state index >= 15 is 0 Å². The number of halogens is 4. The second kappa shape index (κ2) is 14.1. The smallest absolute Gasteiger partial charge is 0.418 e. The molecule has 30 heavy (non-hydrogen) atoms. The first-order valence-electron chi connectivity index (χ1n) is 12.4. The number of nitrogens with zero attached hydrogens (tertiary/aromatic N) is 2. The van der Waals surface area contributed by atoms with Crippen LogP contribution in [0.1, 0.15) is 128 Å². The van der Waals surface area contributed by atoms with Crippen LogP contribution in [0.2, 0.25) is 0 Å². The van der Waals surface area contributed by atoms with E-state index in [2.05, 4.69) is 27.9 Å². The minimum absolute atomic E-state index is 0.749. The van der Waals surface area contributed by atoms with Crippen molar-refractivity contribution in [3.05, 3.63) is 18.7 Å². The van der Waals surface area contributed by atoms with E-state index in [-0.39, 0.29) is 0 Å². The zero-order valence-electron chi connectivity index (χ0n) is 18.6. The minimum Gasteiger partial charge on any atom is -0.418 e. The summed E-state index contributed by atoms with van der Waals surface area (Å²) in [7, 11) is -6.00. The molecule has 174 valence electrons. The molecule has 1 aromatic rings. The van der Waals surface area contributed by atoms with E-state index < -0.39 is 7.25 Å². The van der Waals surface area contributed by atoms with E-state index in [1.807, 2.05) is 0 Å². The Morgan fingerprint density at radius 1 is 0.600 bits per heavy atom. The summed E-state index contributed by atoms with van der Waals surface area (Å²) < 4.78 is 44.1. The quantitative estimate of drug-likeness (QED) is 0.253. The Kier molecular flexibility index (Phi) is 11.9. The number of hydrogen-bond donors (Lipinski definition) is 0. The van der Waals surface area contributed by atoms with Gasteiger partial charge in [-0.25, -0.2) is 9.13 Å². The Morgan fingerprint density at radius 3 is 1.40 bits per heavy atom. The fourth-order valence-corrected chi connectivity index (χ4v) is 4.99. The van der Waals surface area contributed by atoms with Crippen LogP contribution in [-0.4, -0.2) is 11.8 Å². The summed E-state index contributed by atoms with van der Waals surface area (Å²) in [5.74, 6) is 0. The molecule has 0 aliphatic heterocycles. The van der Waals surface area contributed by atoms with Crippen LogP contribution in [0.15, 0.2) is 18.7 Å². The number of imidazole rings is 1. The molecule has 0 amide bonds. The van der Waals surface area contributed by atoms with E-state index in [0.717, 1.165) is 12.1 Å². The van der Waals surface area contributed by atoms with Gasteiger partial charge in [-0.15, -0.1) is 0 Å². The monoisotopic (exact) mass is 432 g/mol. The van der Waals surface area contributed by atoms with Gasteiger partial charge >= 0.3 is 7.25 Å². The summed E-state index contributed by atoms with van der Waals surface area (Å²) in [6.07, 6.45) is 33.0. The summed E-state index contributed by atoms with van der Waals surface area (Å²) in [6, 6.07) is 1.50. The third-order valence-corrected chi connectivity index (χ3v) is 6.67. The molecule has 2 saturated carbocycles. The average molecular weight is 432 g/mol. The van der Waals surface area contributed by atoms with Gasteiger partial charge in [-0.3, -0.25) is 0 Å². The van der Waals surface area contributed by atoms with Crippen LogP contribution in [0.3, 0.4) is 0 Å². The highest BCUT2D eigenvalue weighted by Crippen LogP contribution is 2.26. The molecule has 0 saturated heterocycles. The highest BCUT2D eigenvalue weighted by molar-refractivity contribution is 6.50. The number of aromatic nitrogens is 2. The SMILES string of the molecule is F[B-](F)(F)F.c1c[n+](C2CCCCCCCCC2)cn1C1CCCCCCCCC1. The van der Waals surface area contributed by atoms with Gasteiger partial charge < -0.3 is 17.3 Å². The largest absolute Gasteiger partial charge is 0.673 e. The van der Waals surface area contributed by atoms with Crippen molar-refractivity contribution < 1.29 is 21.8 Å². The topological polar surface area (TPSA) is 8.81 Å². The van der Waals surface area contributed by atoms with Crippen LogP contribution in [0.5, 0.6) is 0 Å². The first kappa shape index (κ1) is 25.3. The van der Waals surface area contributed by atoms with Gasteiger partial charge in [0, 0.05) is 0 Å². The van der Waals surface area contributed by atoms with Crippen LogP contribution < -0.4 is 4.57 Å². The standard InChI is InChI=1S/C23H41N2.BF4/c1-3-7-11-15-22(16-12-8-4-1)24-19-20-25(21-24)23-17-13-9-5-2-6-10-14-18-23;2-1(3,4)5/h19-23H,1-18H2;/q+1;-1. The zero-order valence-corrected chi connectivity index (χ0v) is 18.6. The van der Waals surface area contributed by atoms with Crippen molar-refractivity contribution in [2.45, 2.75) is 128 Å². The zero-order chi connectivity index (χ0) is 21.7. The molecule has 0 spiro atoms. The average Bonchev–Trinajstić information content (AvgIpc) is 3.18. The Bertz CT molecular complexity index is 495. The lowest BCUT2D eigenvalue weighted by atomic mass is 9.97. The maximum absolute atomic E-state index is 9.75. The molecule has 3 rings (SSSR count). The Balaban J connectivity index is 0.000000575. The first-order chi connectivity index (χ1) is 14.4. The normalized spacial score (nSPS) is 22.0. The molecule has 1 heterocycles. The maximum atomic E-state index is 9.75. The molecular formula is C23H41BF4N2. The summed E-state index contributed by atoms with van der Waals surface area (Å²) in [5.41, 5.74) is 0. The summed E-state index contributed by atoms with van der Waals surface area (Å²) in [6.45, 7) is 0. The second-order valence-electron chi connectivity index (χ2n) is 9.22. The van der Waals surface area contributed by atoms with Crippen LogP contribution in [0.4, 0.5) is 17.3 Å². The molecule has 2 aliphatic carbocycles. The van der Waals surface area contributed by atoms with Gasteiger partial charge in [-0.1, -0.05) is 64.2 Å². The predicted molar refractivity (Wildman–Crippen MR) is 116 cm³/mol. The molecular weight excluding hydrogens is 391 g/mol. The van der Waals surface area contributed by atoms with Gasteiger partial charge in [0.1, 0.15) is 24.5 Å². The molecule has 0 aromatic carbocycles. The number of rotatable bonds is 2. The lowest BCUT2D eigenvalue weighted by molar-refractivity contribution is -0.724. The van der Waals surface area contributed by atoms with E-state index in [1.165, 1.54) is 116 Å². The van der Waals surface area contributed by atoms with Crippen molar-refractivity contribution in [3.8, 4) is 0 Å². The van der Waals surface area contributed by atoms with E-state index in [4.69, 9.17) is 0 Å². The second-order valence-corrected chi connectivity index (χ2v) is 9.22. The highest BCUT2D eigenvalue weighted by Gasteiger charge is 2.22. The van der Waals surface area contributed by atoms with Crippen LogP contribution in [0.25, 0.3) is 0 Å². The van der Waals surface area contributed by atoms with Crippen molar-refractivity contribution >= 4 is 7.25 Å². The number of hydrogen-bond acceptors (Lipinski definition) is 0. The summed E-state index contributed by atoms with van der Waals surface area (Å²) in [4.78, 5) is 0. The Morgan fingerprint density at radius 2 is 0.967 bits per heavy atom. The van der Waals surface area contributed by atoms with Crippen molar-refractivity contribution in [2.24, 2.45) is 0 Å². The van der Waals surface area contributed by atoms with Crippen molar-refractivity contribution in [1.29, 1.82) is 0 Å². The fraction of sp³-hybridized carbons (Fsp3) is 0.870. The molecule has 0 atom stereocenters. The Hall–Kier alpha value is -1.01. The van der Waals surface area contributed by atoms with Crippen LogP contribution >= 0.6 is 0 Å². The van der Waals surface area contributed by atoms with E-state index in [9.17, 15) is 17.3 Å². The Labute approximate surface area is 180 Å². The highest BCUT2D eigenvalue weighted by atomic mass is 19.5. The van der Waals surface area contributed by atoms with Crippen molar-refractivity contribution in [1.82, 2.24) is 4.57 Å². The minimum atomic E-state index is -6.00. The van der Waals surface area contributed by atoms with Crippen molar-refractivity contribution in [2.75, 3.05) is 0 Å². The van der Waals surface area contributed by atoms with Gasteiger partial charge in [0.05, 0.1) is 0 Å². The molecule has 1 aromatic heterocycles. The molecule has 0 N–H and O–H groups in total. The molecule has 2 aliphatic rings. The van der Waals surface area contributed by atoms with E-state index in [1.54, 1.807) is 0 Å². The third-order valence-electron chi connectivity index (χ3n) is 6.67. The summed E-state index contributed by atoms with van der Waals surface area (Å²) >= 11 is 0. The lowest BCUT2D eigenvalue weighted by Gasteiger charge is -2.17. The van der Waals surface area contributed by atoms with Gasteiger partial charge in [0.25, 0.3) is 0 Å². The molecule has 0 unspecified atom stereocenters. The molecule has 7 heteroatoms. The molecule has 0 radical (unpaired) electrons. The van der Waals surface area contributed by atoms with Gasteiger partial charge in [0.15, 0.2) is 0 Å². The molecule has 0 bridgehead atoms. The lowest BCUT2D eigenvalue weighted by Crippen LogP contribution is -2.37.